The highest BCUT2D eigenvalue weighted by molar-refractivity contribution is 5.78. The zero-order chi connectivity index (χ0) is 24.4. The predicted molar refractivity (Wildman–Crippen MR) is 135 cm³/mol. The number of benzene rings is 2. The van der Waals surface area contributed by atoms with Crippen LogP contribution in [-0.2, 0) is 20.9 Å². The van der Waals surface area contributed by atoms with E-state index < -0.39 is 11.6 Å². The Morgan fingerprint density at radius 1 is 1.03 bits per heavy atom. The fourth-order valence-electron chi connectivity index (χ4n) is 4.42. The predicted octanol–water partition coefficient (Wildman–Crippen LogP) is 5.15. The zero-order valence-corrected chi connectivity index (χ0v) is 20.7. The smallest absolute Gasteiger partial charge is 0.337 e. The van der Waals surface area contributed by atoms with Gasteiger partial charge in [-0.05, 0) is 69.9 Å². The van der Waals surface area contributed by atoms with Gasteiger partial charge in [0.1, 0.15) is 5.75 Å². The molecule has 5 rings (SSSR count). The summed E-state index contributed by atoms with van der Waals surface area (Å²) in [6.07, 6.45) is 4.95. The van der Waals surface area contributed by atoms with Gasteiger partial charge < -0.3 is 19.1 Å². The van der Waals surface area contributed by atoms with Crippen LogP contribution in [0.4, 0.5) is 5.69 Å². The van der Waals surface area contributed by atoms with Crippen molar-refractivity contribution in [1.82, 2.24) is 9.78 Å². The van der Waals surface area contributed by atoms with Crippen molar-refractivity contribution < 1.29 is 19.0 Å². The summed E-state index contributed by atoms with van der Waals surface area (Å²) < 4.78 is 18.9. The molecule has 0 bridgehead atoms. The summed E-state index contributed by atoms with van der Waals surface area (Å²) in [6, 6.07) is 18.6. The van der Waals surface area contributed by atoms with Gasteiger partial charge in [-0.15, -0.1) is 0 Å². The average molecular weight is 476 g/mol. The lowest BCUT2D eigenvalue weighted by Gasteiger charge is -2.22. The van der Waals surface area contributed by atoms with Crippen LogP contribution in [-0.4, -0.2) is 47.7 Å². The molecule has 1 aliphatic carbocycles. The summed E-state index contributed by atoms with van der Waals surface area (Å²) in [7, 11) is 1.37. The molecule has 1 aromatic heterocycles. The Hall–Kier alpha value is -3.32. The summed E-state index contributed by atoms with van der Waals surface area (Å²) in [4.78, 5) is 14.5. The quantitative estimate of drug-likeness (QED) is 0.399. The topological polar surface area (TPSA) is 65.8 Å². The number of esters is 1. The second-order valence-electron chi connectivity index (χ2n) is 9.75. The Morgan fingerprint density at radius 3 is 2.49 bits per heavy atom. The molecule has 184 valence electrons. The van der Waals surface area contributed by atoms with Crippen LogP contribution in [0.1, 0.15) is 45.2 Å². The van der Waals surface area contributed by atoms with Gasteiger partial charge in [0.15, 0.2) is 5.60 Å². The van der Waals surface area contributed by atoms with Gasteiger partial charge in [-0.3, -0.25) is 0 Å². The third kappa shape index (κ3) is 5.20. The first-order valence-corrected chi connectivity index (χ1v) is 12.4. The maximum absolute atomic E-state index is 12.1. The third-order valence-electron chi connectivity index (χ3n) is 6.53. The Kier molecular flexibility index (Phi) is 6.52. The van der Waals surface area contributed by atoms with E-state index in [9.17, 15) is 4.79 Å². The normalized spacial score (nSPS) is 15.9. The van der Waals surface area contributed by atoms with Gasteiger partial charge in [0.25, 0.3) is 0 Å². The summed E-state index contributed by atoms with van der Waals surface area (Å²) in [6.45, 7) is 5.69. The molecule has 1 saturated carbocycles. The minimum absolute atomic E-state index is 0.187. The molecule has 2 heterocycles. The average Bonchev–Trinajstić information content (AvgIpc) is 3.34. The van der Waals surface area contributed by atoms with Crippen LogP contribution in [0.5, 0.6) is 5.75 Å². The molecule has 3 aromatic rings. The van der Waals surface area contributed by atoms with Crippen molar-refractivity contribution in [2.24, 2.45) is 0 Å². The minimum Gasteiger partial charge on any atom is -0.490 e. The standard InChI is InChI=1S/C28H33N3O4/c1-28(2,27(32)33-3)34-19-21-18-26(20-9-8-10-23(17-20)35-22-13-14-22)31(29-21)25-12-5-4-11-24(25)30-15-6-7-16-30/h4-5,8-12,17-18,22H,6-7,13-16,19H2,1-3H3. The number of methoxy groups -OCH3 is 1. The number of ether oxygens (including phenoxy) is 3. The molecule has 2 aromatic carbocycles. The summed E-state index contributed by atoms with van der Waals surface area (Å²) in [5, 5.41) is 4.95. The van der Waals surface area contributed by atoms with Crippen molar-refractivity contribution in [2.45, 2.75) is 57.8 Å². The van der Waals surface area contributed by atoms with E-state index in [1.54, 1.807) is 13.8 Å². The van der Waals surface area contributed by atoms with Crippen LogP contribution in [0.25, 0.3) is 16.9 Å². The van der Waals surface area contributed by atoms with Crippen molar-refractivity contribution in [1.29, 1.82) is 0 Å². The van der Waals surface area contributed by atoms with Crippen LogP contribution in [0.3, 0.4) is 0 Å². The fraction of sp³-hybridized carbons (Fsp3) is 0.429. The molecular formula is C28H33N3O4. The van der Waals surface area contributed by atoms with Crippen LogP contribution >= 0.6 is 0 Å². The summed E-state index contributed by atoms with van der Waals surface area (Å²) in [5.74, 6) is 0.455. The lowest BCUT2D eigenvalue weighted by molar-refractivity contribution is -0.166. The molecule has 0 radical (unpaired) electrons. The van der Waals surface area contributed by atoms with E-state index in [0.29, 0.717) is 6.10 Å². The van der Waals surface area contributed by atoms with Gasteiger partial charge in [0.2, 0.25) is 0 Å². The number of anilines is 1. The van der Waals surface area contributed by atoms with Gasteiger partial charge >= 0.3 is 5.97 Å². The van der Waals surface area contributed by atoms with E-state index in [4.69, 9.17) is 19.3 Å². The van der Waals surface area contributed by atoms with Gasteiger partial charge in [-0.25, -0.2) is 9.48 Å². The van der Waals surface area contributed by atoms with E-state index >= 15 is 0 Å². The molecule has 0 spiro atoms. The minimum atomic E-state index is -1.07. The number of aromatic nitrogens is 2. The second kappa shape index (κ2) is 9.74. The molecule has 1 aliphatic heterocycles. The maximum atomic E-state index is 12.1. The van der Waals surface area contributed by atoms with Crippen molar-refractivity contribution in [3.63, 3.8) is 0 Å². The lowest BCUT2D eigenvalue weighted by Crippen LogP contribution is -2.35. The van der Waals surface area contributed by atoms with E-state index in [0.717, 1.165) is 54.3 Å². The molecule has 7 heteroatoms. The molecular weight excluding hydrogens is 442 g/mol. The molecule has 35 heavy (non-hydrogen) atoms. The molecule has 0 N–H and O–H groups in total. The molecule has 2 aliphatic rings. The number of hydrogen-bond donors (Lipinski definition) is 0. The van der Waals surface area contributed by atoms with Gasteiger partial charge in [-0.2, -0.15) is 5.10 Å². The number of carbonyl (C=O) groups is 1. The van der Waals surface area contributed by atoms with Crippen molar-refractivity contribution in [3.8, 4) is 22.7 Å². The number of hydrogen-bond acceptors (Lipinski definition) is 6. The van der Waals surface area contributed by atoms with Crippen molar-refractivity contribution in [3.05, 3.63) is 60.3 Å². The van der Waals surface area contributed by atoms with Crippen LogP contribution in [0.2, 0.25) is 0 Å². The van der Waals surface area contributed by atoms with Gasteiger partial charge in [0.05, 0.1) is 42.6 Å². The summed E-state index contributed by atoms with van der Waals surface area (Å²) >= 11 is 0. The van der Waals surface area contributed by atoms with Crippen LogP contribution in [0.15, 0.2) is 54.6 Å². The van der Waals surface area contributed by atoms with Gasteiger partial charge in [0, 0.05) is 18.7 Å². The van der Waals surface area contributed by atoms with E-state index in [2.05, 4.69) is 35.2 Å². The zero-order valence-electron chi connectivity index (χ0n) is 20.7. The molecule has 0 atom stereocenters. The Labute approximate surface area is 206 Å². The highest BCUT2D eigenvalue weighted by Gasteiger charge is 2.30. The van der Waals surface area contributed by atoms with Crippen LogP contribution < -0.4 is 9.64 Å². The van der Waals surface area contributed by atoms with Gasteiger partial charge in [-0.1, -0.05) is 24.3 Å². The second-order valence-corrected chi connectivity index (χ2v) is 9.75. The highest BCUT2D eigenvalue weighted by Crippen LogP contribution is 2.34. The lowest BCUT2D eigenvalue weighted by atomic mass is 10.1. The fourth-order valence-corrected chi connectivity index (χ4v) is 4.42. The SMILES string of the molecule is COC(=O)C(C)(C)OCc1cc(-c2cccc(OC3CC3)c2)n(-c2ccccc2N2CCCC2)n1. The highest BCUT2D eigenvalue weighted by atomic mass is 16.6. The number of rotatable bonds is 9. The number of para-hydroxylation sites is 2. The first-order chi connectivity index (χ1) is 16.9. The summed E-state index contributed by atoms with van der Waals surface area (Å²) in [5.41, 5.74) is 3.84. The largest absolute Gasteiger partial charge is 0.490 e. The van der Waals surface area contributed by atoms with Crippen molar-refractivity contribution >= 4 is 11.7 Å². The number of nitrogens with zero attached hydrogens (tertiary/aromatic N) is 3. The number of carbonyl (C=O) groups excluding carboxylic acids is 1. The monoisotopic (exact) mass is 475 g/mol. The van der Waals surface area contributed by atoms with Crippen LogP contribution in [0, 0.1) is 0 Å². The van der Waals surface area contributed by atoms with E-state index in [-0.39, 0.29) is 6.61 Å². The third-order valence-corrected chi connectivity index (χ3v) is 6.53. The Bertz CT molecular complexity index is 1190. The molecule has 0 amide bonds. The maximum Gasteiger partial charge on any atom is 0.337 e. The van der Waals surface area contributed by atoms with Crippen molar-refractivity contribution in [2.75, 3.05) is 25.1 Å². The molecule has 2 fully saturated rings. The first kappa shape index (κ1) is 23.4. The Morgan fingerprint density at radius 2 is 1.77 bits per heavy atom. The molecule has 1 saturated heterocycles. The first-order valence-electron chi connectivity index (χ1n) is 12.4. The molecule has 0 unspecified atom stereocenters. The van der Waals surface area contributed by atoms with E-state index in [1.165, 1.54) is 25.6 Å². The molecule has 7 nitrogen and oxygen atoms in total. The Balaban J connectivity index is 1.53. The van der Waals surface area contributed by atoms with E-state index in [1.807, 2.05) is 28.9 Å².